The van der Waals surface area contributed by atoms with Gasteiger partial charge < -0.3 is 14.8 Å². The van der Waals surface area contributed by atoms with Crippen molar-refractivity contribution in [1.29, 1.82) is 0 Å². The number of nitrogens with one attached hydrogen (secondary N) is 1. The Morgan fingerprint density at radius 3 is 2.68 bits per heavy atom. The number of hydrogen-bond donors (Lipinski definition) is 1. The molecule has 1 amide bonds. The van der Waals surface area contributed by atoms with Crippen LogP contribution in [0.2, 0.25) is 5.02 Å². The molecule has 0 heterocycles. The van der Waals surface area contributed by atoms with Gasteiger partial charge in [0.25, 0.3) is 0 Å². The van der Waals surface area contributed by atoms with Crippen LogP contribution in [0.4, 0.5) is 4.79 Å². The normalized spacial score (nSPS) is 11.1. The first kappa shape index (κ1) is 18.6. The molecule has 0 spiro atoms. The SMILES string of the molecule is CCCCOc1cc(CCNC(=O)OC(C)(C)C)ccc1Cl. The van der Waals surface area contributed by atoms with E-state index in [1.807, 2.05) is 39.0 Å². The third-order valence-electron chi connectivity index (χ3n) is 2.83. The second-order valence-electron chi connectivity index (χ2n) is 6.15. The van der Waals surface area contributed by atoms with Crippen molar-refractivity contribution >= 4 is 17.7 Å². The standard InChI is InChI=1S/C17H26ClNO3/c1-5-6-11-21-15-12-13(7-8-14(15)18)9-10-19-16(20)22-17(2,3)4/h7-8,12H,5-6,9-11H2,1-4H3,(H,19,20). The fourth-order valence-electron chi connectivity index (χ4n) is 1.76. The van der Waals surface area contributed by atoms with Crippen LogP contribution < -0.4 is 10.1 Å². The van der Waals surface area contributed by atoms with Crippen molar-refractivity contribution in [2.24, 2.45) is 0 Å². The first-order chi connectivity index (χ1) is 10.3. The molecule has 0 aliphatic rings. The molecule has 0 aliphatic carbocycles. The Bertz CT molecular complexity index is 483. The Morgan fingerprint density at radius 1 is 1.32 bits per heavy atom. The van der Waals surface area contributed by atoms with Gasteiger partial charge in [-0.15, -0.1) is 0 Å². The Labute approximate surface area is 138 Å². The van der Waals surface area contributed by atoms with Gasteiger partial charge in [-0.3, -0.25) is 0 Å². The van der Waals surface area contributed by atoms with E-state index in [1.165, 1.54) is 0 Å². The topological polar surface area (TPSA) is 47.6 Å². The van der Waals surface area contributed by atoms with Crippen molar-refractivity contribution in [3.8, 4) is 5.75 Å². The number of carbonyl (C=O) groups excluding carboxylic acids is 1. The van der Waals surface area contributed by atoms with Gasteiger partial charge >= 0.3 is 6.09 Å². The molecule has 124 valence electrons. The zero-order valence-electron chi connectivity index (χ0n) is 13.9. The molecule has 0 unspecified atom stereocenters. The molecule has 5 heteroatoms. The fourth-order valence-corrected chi connectivity index (χ4v) is 1.94. The van der Waals surface area contributed by atoms with Gasteiger partial charge in [0.15, 0.2) is 0 Å². The van der Waals surface area contributed by atoms with E-state index in [2.05, 4.69) is 12.2 Å². The molecule has 1 aromatic rings. The molecule has 0 bridgehead atoms. The smallest absolute Gasteiger partial charge is 0.407 e. The van der Waals surface area contributed by atoms with Crippen LogP contribution in [0.1, 0.15) is 46.1 Å². The van der Waals surface area contributed by atoms with E-state index < -0.39 is 11.7 Å². The maximum Gasteiger partial charge on any atom is 0.407 e. The second kappa shape index (κ2) is 8.89. The van der Waals surface area contributed by atoms with Crippen molar-refractivity contribution < 1.29 is 14.3 Å². The number of ether oxygens (including phenoxy) is 2. The van der Waals surface area contributed by atoms with Crippen molar-refractivity contribution in [2.75, 3.05) is 13.2 Å². The predicted octanol–water partition coefficient (Wildman–Crippen LogP) is 4.59. The number of halogens is 1. The Morgan fingerprint density at radius 2 is 2.05 bits per heavy atom. The summed E-state index contributed by atoms with van der Waals surface area (Å²) in [4.78, 5) is 11.6. The van der Waals surface area contributed by atoms with E-state index in [4.69, 9.17) is 21.1 Å². The zero-order valence-corrected chi connectivity index (χ0v) is 14.6. The fraction of sp³-hybridized carbons (Fsp3) is 0.588. The van der Waals surface area contributed by atoms with Crippen LogP contribution in [0.25, 0.3) is 0 Å². The lowest BCUT2D eigenvalue weighted by Gasteiger charge is -2.19. The number of unbranched alkanes of at least 4 members (excludes halogenated alkanes) is 1. The van der Waals surface area contributed by atoms with Crippen molar-refractivity contribution in [1.82, 2.24) is 5.32 Å². The van der Waals surface area contributed by atoms with Gasteiger partial charge in [-0.2, -0.15) is 0 Å². The number of alkyl carbamates (subject to hydrolysis) is 1. The van der Waals surface area contributed by atoms with Crippen molar-refractivity contribution in [3.05, 3.63) is 28.8 Å². The average molecular weight is 328 g/mol. The number of carbonyl (C=O) groups is 1. The molecular weight excluding hydrogens is 302 g/mol. The van der Waals surface area contributed by atoms with Gasteiger partial charge in [0.2, 0.25) is 0 Å². The lowest BCUT2D eigenvalue weighted by atomic mass is 10.1. The van der Waals surface area contributed by atoms with E-state index in [-0.39, 0.29) is 0 Å². The highest BCUT2D eigenvalue weighted by molar-refractivity contribution is 6.32. The minimum Gasteiger partial charge on any atom is -0.492 e. The van der Waals surface area contributed by atoms with Gasteiger partial charge in [0.1, 0.15) is 11.4 Å². The molecule has 0 aliphatic heterocycles. The average Bonchev–Trinajstić information content (AvgIpc) is 2.40. The summed E-state index contributed by atoms with van der Waals surface area (Å²) in [5.74, 6) is 0.699. The molecule has 0 saturated heterocycles. The third-order valence-corrected chi connectivity index (χ3v) is 3.15. The summed E-state index contributed by atoms with van der Waals surface area (Å²) in [5.41, 5.74) is 0.580. The molecule has 1 N–H and O–H groups in total. The highest BCUT2D eigenvalue weighted by atomic mass is 35.5. The van der Waals surface area contributed by atoms with E-state index in [9.17, 15) is 4.79 Å². The van der Waals surface area contributed by atoms with Crippen LogP contribution in [0.5, 0.6) is 5.75 Å². The molecule has 0 saturated carbocycles. The zero-order chi connectivity index (χ0) is 16.6. The highest BCUT2D eigenvalue weighted by Gasteiger charge is 2.15. The second-order valence-corrected chi connectivity index (χ2v) is 6.55. The summed E-state index contributed by atoms with van der Waals surface area (Å²) in [6.45, 7) is 8.80. The van der Waals surface area contributed by atoms with Crippen LogP contribution in [0.15, 0.2) is 18.2 Å². The minimum absolute atomic E-state index is 0.402. The number of amides is 1. The number of hydrogen-bond acceptors (Lipinski definition) is 3. The first-order valence-electron chi connectivity index (χ1n) is 7.70. The molecule has 22 heavy (non-hydrogen) atoms. The lowest BCUT2D eigenvalue weighted by Crippen LogP contribution is -2.33. The highest BCUT2D eigenvalue weighted by Crippen LogP contribution is 2.26. The number of benzene rings is 1. The summed E-state index contributed by atoms with van der Waals surface area (Å²) in [7, 11) is 0. The van der Waals surface area contributed by atoms with Crippen LogP contribution in [0.3, 0.4) is 0 Å². The monoisotopic (exact) mass is 327 g/mol. The summed E-state index contributed by atoms with van der Waals surface area (Å²) < 4.78 is 10.9. The summed E-state index contributed by atoms with van der Waals surface area (Å²) in [6, 6.07) is 5.69. The molecule has 0 radical (unpaired) electrons. The predicted molar refractivity (Wildman–Crippen MR) is 89.8 cm³/mol. The molecule has 0 aromatic heterocycles. The Kier molecular flexibility index (Phi) is 7.52. The van der Waals surface area contributed by atoms with Crippen molar-refractivity contribution in [2.45, 2.75) is 52.6 Å². The van der Waals surface area contributed by atoms with E-state index in [1.54, 1.807) is 0 Å². The minimum atomic E-state index is -0.482. The largest absolute Gasteiger partial charge is 0.492 e. The maximum absolute atomic E-state index is 11.6. The van der Waals surface area contributed by atoms with E-state index in [0.717, 1.165) is 18.4 Å². The van der Waals surface area contributed by atoms with Gasteiger partial charge in [-0.25, -0.2) is 4.79 Å². The van der Waals surface area contributed by atoms with Crippen LogP contribution in [-0.2, 0) is 11.2 Å². The van der Waals surface area contributed by atoms with Gasteiger partial charge in [-0.05, 0) is 51.3 Å². The summed E-state index contributed by atoms with van der Waals surface area (Å²) in [6.07, 6.45) is 2.37. The summed E-state index contributed by atoms with van der Waals surface area (Å²) in [5, 5.41) is 3.35. The van der Waals surface area contributed by atoms with E-state index in [0.29, 0.717) is 30.3 Å². The van der Waals surface area contributed by atoms with E-state index >= 15 is 0 Å². The first-order valence-corrected chi connectivity index (χ1v) is 8.07. The van der Waals surface area contributed by atoms with Crippen molar-refractivity contribution in [3.63, 3.8) is 0 Å². The maximum atomic E-state index is 11.6. The lowest BCUT2D eigenvalue weighted by molar-refractivity contribution is 0.0528. The number of rotatable bonds is 7. The third kappa shape index (κ3) is 7.55. The quantitative estimate of drug-likeness (QED) is 0.745. The van der Waals surface area contributed by atoms with Crippen LogP contribution in [0, 0.1) is 0 Å². The van der Waals surface area contributed by atoms with Crippen LogP contribution >= 0.6 is 11.6 Å². The Hall–Kier alpha value is -1.42. The molecule has 1 rings (SSSR count). The molecular formula is C17H26ClNO3. The van der Waals surface area contributed by atoms with Gasteiger partial charge in [0, 0.05) is 6.54 Å². The molecule has 0 fully saturated rings. The molecule has 0 atom stereocenters. The molecule has 1 aromatic carbocycles. The Balaban J connectivity index is 2.45. The van der Waals surface area contributed by atoms with Crippen LogP contribution in [-0.4, -0.2) is 24.8 Å². The summed E-state index contributed by atoms with van der Waals surface area (Å²) >= 11 is 6.12. The van der Waals surface area contributed by atoms with Gasteiger partial charge in [0.05, 0.1) is 11.6 Å². The van der Waals surface area contributed by atoms with Gasteiger partial charge in [-0.1, -0.05) is 31.0 Å². The molecule has 4 nitrogen and oxygen atoms in total.